The maximum atomic E-state index is 12.7. The Kier molecular flexibility index (Phi) is 4.28. The molecule has 4 atom stereocenters. The summed E-state index contributed by atoms with van der Waals surface area (Å²) in [6, 6.07) is 4.07. The highest BCUT2D eigenvalue weighted by Crippen LogP contribution is 2.38. The lowest BCUT2D eigenvalue weighted by atomic mass is 10.0. The van der Waals surface area contributed by atoms with Crippen LogP contribution in [-0.4, -0.2) is 39.7 Å². The van der Waals surface area contributed by atoms with Gasteiger partial charge in [-0.25, -0.2) is 5.43 Å². The third-order valence-corrected chi connectivity index (χ3v) is 5.68. The van der Waals surface area contributed by atoms with Crippen molar-refractivity contribution in [3.8, 4) is 0 Å². The number of likely N-dealkylation sites (N-methyl/N-ethyl adjacent to an activating group) is 1. The second kappa shape index (κ2) is 6.02. The molecule has 5 nitrogen and oxygen atoms in total. The molecule has 0 aromatic carbocycles. The van der Waals surface area contributed by atoms with Gasteiger partial charge in [0.25, 0.3) is 0 Å². The van der Waals surface area contributed by atoms with Crippen molar-refractivity contribution in [2.24, 2.45) is 5.92 Å². The first-order chi connectivity index (χ1) is 10.1. The quantitative estimate of drug-likeness (QED) is 0.808. The van der Waals surface area contributed by atoms with Gasteiger partial charge in [-0.3, -0.25) is 15.2 Å². The van der Waals surface area contributed by atoms with E-state index in [9.17, 15) is 4.79 Å². The van der Waals surface area contributed by atoms with Crippen molar-refractivity contribution in [1.29, 1.82) is 0 Å². The lowest BCUT2D eigenvalue weighted by Crippen LogP contribution is -2.47. The van der Waals surface area contributed by atoms with Crippen molar-refractivity contribution in [1.82, 2.24) is 20.7 Å². The molecule has 114 valence electrons. The molecule has 3 rings (SSSR count). The average Bonchev–Trinajstić information content (AvgIpc) is 3.29. The van der Waals surface area contributed by atoms with Crippen molar-refractivity contribution in [2.75, 3.05) is 7.05 Å². The molecule has 0 spiro atoms. The molecule has 1 aliphatic heterocycles. The van der Waals surface area contributed by atoms with Gasteiger partial charge < -0.3 is 4.90 Å². The molecule has 0 radical (unpaired) electrons. The van der Waals surface area contributed by atoms with Gasteiger partial charge in [0.15, 0.2) is 0 Å². The van der Waals surface area contributed by atoms with Crippen LogP contribution in [-0.2, 0) is 4.79 Å². The van der Waals surface area contributed by atoms with Crippen LogP contribution in [0.1, 0.15) is 31.4 Å². The number of hydrazine groups is 1. The van der Waals surface area contributed by atoms with Gasteiger partial charge in [0, 0.05) is 25.5 Å². The summed E-state index contributed by atoms with van der Waals surface area (Å²) >= 11 is 3.70. The van der Waals surface area contributed by atoms with Crippen LogP contribution in [0.3, 0.4) is 0 Å². The molecule has 1 saturated carbocycles. The molecule has 21 heavy (non-hydrogen) atoms. The molecular weight excluding hydrogens is 332 g/mol. The predicted octanol–water partition coefficient (Wildman–Crippen LogP) is 1.62. The van der Waals surface area contributed by atoms with Crippen molar-refractivity contribution in [3.63, 3.8) is 0 Å². The Morgan fingerprint density at radius 1 is 1.38 bits per heavy atom. The zero-order valence-electron chi connectivity index (χ0n) is 12.3. The van der Waals surface area contributed by atoms with Gasteiger partial charge in [-0.15, -0.1) is 0 Å². The van der Waals surface area contributed by atoms with E-state index in [4.69, 9.17) is 0 Å². The Labute approximate surface area is 133 Å². The zero-order valence-corrected chi connectivity index (χ0v) is 13.9. The number of hydrogen-bond donors (Lipinski definition) is 2. The summed E-state index contributed by atoms with van der Waals surface area (Å²) in [4.78, 5) is 18.7. The van der Waals surface area contributed by atoms with Crippen molar-refractivity contribution in [2.45, 2.75) is 42.7 Å². The largest absolute Gasteiger partial charge is 0.338 e. The summed E-state index contributed by atoms with van der Waals surface area (Å²) in [7, 11) is 1.86. The molecular formula is C15H21BrN4O. The molecule has 2 heterocycles. The van der Waals surface area contributed by atoms with Crippen molar-refractivity contribution < 1.29 is 4.79 Å². The van der Waals surface area contributed by atoms with Gasteiger partial charge in [-0.2, -0.15) is 0 Å². The number of carbonyl (C=O) groups is 1. The van der Waals surface area contributed by atoms with E-state index in [1.807, 2.05) is 26.1 Å². The van der Waals surface area contributed by atoms with E-state index in [2.05, 4.69) is 31.8 Å². The fourth-order valence-corrected chi connectivity index (χ4v) is 3.78. The molecule has 2 aliphatic rings. The summed E-state index contributed by atoms with van der Waals surface area (Å²) in [5.74, 6) is 0.805. The van der Waals surface area contributed by atoms with Crippen LogP contribution in [0.2, 0.25) is 0 Å². The third-order valence-electron chi connectivity index (χ3n) is 4.58. The summed E-state index contributed by atoms with van der Waals surface area (Å²) in [6.07, 6.45) is 6.03. The molecule has 2 N–H and O–H groups in total. The summed E-state index contributed by atoms with van der Waals surface area (Å²) in [5.41, 5.74) is 7.54. The number of pyridine rings is 1. The van der Waals surface area contributed by atoms with E-state index in [1.54, 1.807) is 17.3 Å². The average molecular weight is 353 g/mol. The number of nitrogens with one attached hydrogen (secondary N) is 2. The van der Waals surface area contributed by atoms with Crippen LogP contribution in [0.25, 0.3) is 0 Å². The minimum Gasteiger partial charge on any atom is -0.338 e. The second-order valence-corrected chi connectivity index (χ2v) is 7.04. The smallest absolute Gasteiger partial charge is 0.242 e. The van der Waals surface area contributed by atoms with Gasteiger partial charge in [-0.05, 0) is 43.4 Å². The number of hydrogen-bond acceptors (Lipinski definition) is 4. The Morgan fingerprint density at radius 2 is 2.05 bits per heavy atom. The number of aromatic nitrogens is 1. The van der Waals surface area contributed by atoms with E-state index in [1.165, 1.54) is 12.8 Å². The minimum absolute atomic E-state index is 0.0296. The molecule has 1 aliphatic carbocycles. The predicted molar refractivity (Wildman–Crippen MR) is 84.7 cm³/mol. The van der Waals surface area contributed by atoms with Gasteiger partial charge in [-0.1, -0.05) is 15.9 Å². The molecule has 1 amide bonds. The van der Waals surface area contributed by atoms with Crippen molar-refractivity contribution >= 4 is 21.8 Å². The van der Waals surface area contributed by atoms with Crippen LogP contribution >= 0.6 is 15.9 Å². The highest BCUT2D eigenvalue weighted by atomic mass is 79.9. The molecule has 0 bridgehead atoms. The first-order valence-electron chi connectivity index (χ1n) is 7.41. The lowest BCUT2D eigenvalue weighted by Gasteiger charge is -2.29. The van der Waals surface area contributed by atoms with E-state index < -0.39 is 0 Å². The molecule has 2 fully saturated rings. The maximum absolute atomic E-state index is 12.7. The van der Waals surface area contributed by atoms with E-state index >= 15 is 0 Å². The van der Waals surface area contributed by atoms with E-state index in [-0.39, 0.29) is 22.8 Å². The number of carbonyl (C=O) groups excluding carboxylic acids is 1. The minimum atomic E-state index is -0.218. The monoisotopic (exact) mass is 352 g/mol. The Morgan fingerprint density at radius 3 is 2.67 bits per heavy atom. The molecule has 6 heteroatoms. The Bertz CT molecular complexity index is 508. The van der Waals surface area contributed by atoms with Crippen molar-refractivity contribution in [3.05, 3.63) is 30.1 Å². The number of alkyl halides is 1. The first-order valence-corrected chi connectivity index (χ1v) is 8.33. The highest BCUT2D eigenvalue weighted by Gasteiger charge is 2.46. The van der Waals surface area contributed by atoms with E-state index in [0.29, 0.717) is 12.0 Å². The number of halogens is 1. The van der Waals surface area contributed by atoms with Gasteiger partial charge >= 0.3 is 0 Å². The fourth-order valence-electron chi connectivity index (χ4n) is 2.86. The van der Waals surface area contributed by atoms with Crippen LogP contribution < -0.4 is 10.9 Å². The summed E-state index contributed by atoms with van der Waals surface area (Å²) in [6.45, 7) is 2.04. The van der Waals surface area contributed by atoms with Crippen LogP contribution in [0, 0.1) is 5.92 Å². The fraction of sp³-hybridized carbons (Fsp3) is 0.600. The maximum Gasteiger partial charge on any atom is 0.242 e. The number of amides is 1. The topological polar surface area (TPSA) is 57.3 Å². The van der Waals surface area contributed by atoms with Gasteiger partial charge in [0.05, 0.1) is 10.9 Å². The first kappa shape index (κ1) is 14.9. The molecule has 4 unspecified atom stereocenters. The molecule has 1 saturated heterocycles. The summed E-state index contributed by atoms with van der Waals surface area (Å²) in [5, 5.41) is 0. The zero-order chi connectivity index (χ0) is 15.0. The Balaban J connectivity index is 1.67. The van der Waals surface area contributed by atoms with Gasteiger partial charge in [0.1, 0.15) is 6.04 Å². The number of rotatable bonds is 4. The normalized spacial score (nSPS) is 30.1. The van der Waals surface area contributed by atoms with Crippen LogP contribution in [0.4, 0.5) is 0 Å². The standard InChI is InChI=1S/C15H21BrN4O/c1-9(10-5-7-17-8-6-10)20(2)15(21)14-12(16)13(18-19-14)11-3-4-11/h5-9,11-14,18-19H,3-4H2,1-2H3. The second-order valence-electron chi connectivity index (χ2n) is 5.98. The summed E-state index contributed by atoms with van der Waals surface area (Å²) < 4.78 is 0. The number of nitrogens with zero attached hydrogens (tertiary/aromatic N) is 2. The molecule has 1 aromatic heterocycles. The van der Waals surface area contributed by atoms with E-state index in [0.717, 1.165) is 5.56 Å². The van der Waals surface area contributed by atoms with Crippen LogP contribution in [0.15, 0.2) is 24.5 Å². The lowest BCUT2D eigenvalue weighted by molar-refractivity contribution is -0.133. The van der Waals surface area contributed by atoms with Gasteiger partial charge in [0.2, 0.25) is 5.91 Å². The SMILES string of the molecule is CC(c1ccncc1)N(C)C(=O)C1NNC(C2CC2)C1Br. The third kappa shape index (κ3) is 2.98. The Hall–Kier alpha value is -0.980. The highest BCUT2D eigenvalue weighted by molar-refractivity contribution is 9.09. The van der Waals surface area contributed by atoms with Crippen LogP contribution in [0.5, 0.6) is 0 Å². The molecule has 1 aromatic rings.